The molecule has 2 heterocycles. The van der Waals surface area contributed by atoms with Crippen molar-refractivity contribution in [2.75, 3.05) is 5.32 Å². The van der Waals surface area contributed by atoms with Gasteiger partial charge in [-0.15, -0.1) is 0 Å². The van der Waals surface area contributed by atoms with Crippen molar-refractivity contribution in [3.8, 4) is 0 Å². The monoisotopic (exact) mass is 285 g/mol. The maximum Gasteiger partial charge on any atom is 0.141 e. The molecule has 0 unspecified atom stereocenters. The van der Waals surface area contributed by atoms with E-state index >= 15 is 0 Å². The average Bonchev–Trinajstić information content (AvgIpc) is 2.79. The number of rotatable bonds is 4. The van der Waals surface area contributed by atoms with E-state index in [1.54, 1.807) is 0 Å². The molecule has 114 valence electrons. The van der Waals surface area contributed by atoms with E-state index in [9.17, 15) is 0 Å². The number of pyridine rings is 1. The van der Waals surface area contributed by atoms with Gasteiger partial charge in [0.2, 0.25) is 0 Å². The minimum atomic E-state index is 0.616. The Kier molecular flexibility index (Phi) is 4.18. The highest BCUT2D eigenvalue weighted by Gasteiger charge is 2.19. The normalized spacial score (nSPS) is 16.8. The van der Waals surface area contributed by atoms with Gasteiger partial charge in [0, 0.05) is 12.2 Å². The molecule has 21 heavy (non-hydrogen) atoms. The number of nitrogens with zero attached hydrogens (tertiary/aromatic N) is 2. The molecule has 0 aromatic carbocycles. The number of aryl methyl sites for hydroxylation is 1. The van der Waals surface area contributed by atoms with E-state index in [0.29, 0.717) is 12.0 Å². The number of hydrogen-bond acceptors (Lipinski definition) is 2. The van der Waals surface area contributed by atoms with E-state index in [2.05, 4.69) is 48.8 Å². The molecule has 3 rings (SSSR count). The molecule has 3 heteroatoms. The zero-order valence-electron chi connectivity index (χ0n) is 13.5. The third-order valence-corrected chi connectivity index (χ3v) is 4.46. The zero-order chi connectivity index (χ0) is 14.8. The fraction of sp³-hybridized carbons (Fsp3) is 0.611. The van der Waals surface area contributed by atoms with Gasteiger partial charge in [-0.3, -0.25) is 4.40 Å². The van der Waals surface area contributed by atoms with Crippen molar-refractivity contribution in [2.45, 2.75) is 65.3 Å². The first-order chi connectivity index (χ1) is 10.1. The summed E-state index contributed by atoms with van der Waals surface area (Å²) in [6.07, 6.45) is 9.87. The van der Waals surface area contributed by atoms with Gasteiger partial charge < -0.3 is 5.32 Å². The predicted molar refractivity (Wildman–Crippen MR) is 89.0 cm³/mol. The van der Waals surface area contributed by atoms with Crippen molar-refractivity contribution in [1.82, 2.24) is 9.38 Å². The van der Waals surface area contributed by atoms with Crippen LogP contribution in [0.3, 0.4) is 0 Å². The zero-order valence-corrected chi connectivity index (χ0v) is 13.5. The van der Waals surface area contributed by atoms with Crippen LogP contribution in [0.2, 0.25) is 0 Å². The average molecular weight is 285 g/mol. The summed E-state index contributed by atoms with van der Waals surface area (Å²) in [5, 5.41) is 3.81. The first kappa shape index (κ1) is 14.4. The van der Waals surface area contributed by atoms with Crippen molar-refractivity contribution >= 4 is 11.5 Å². The maximum atomic E-state index is 4.92. The van der Waals surface area contributed by atoms with E-state index < -0.39 is 0 Å². The fourth-order valence-corrected chi connectivity index (χ4v) is 3.37. The van der Waals surface area contributed by atoms with Crippen molar-refractivity contribution in [1.29, 1.82) is 0 Å². The van der Waals surface area contributed by atoms with Crippen LogP contribution in [0.25, 0.3) is 5.65 Å². The molecule has 1 fully saturated rings. The smallest absolute Gasteiger partial charge is 0.141 e. The summed E-state index contributed by atoms with van der Waals surface area (Å²) in [4.78, 5) is 4.92. The second-order valence-electron chi connectivity index (χ2n) is 6.87. The van der Waals surface area contributed by atoms with Gasteiger partial charge in [0.05, 0.1) is 5.69 Å². The number of nitrogens with one attached hydrogen (secondary N) is 1. The number of fused-ring (bicyclic) bond motifs is 1. The van der Waals surface area contributed by atoms with Crippen LogP contribution >= 0.6 is 0 Å². The van der Waals surface area contributed by atoms with E-state index in [1.165, 1.54) is 49.2 Å². The summed E-state index contributed by atoms with van der Waals surface area (Å²) in [7, 11) is 0. The van der Waals surface area contributed by atoms with Crippen molar-refractivity contribution in [3.05, 3.63) is 29.6 Å². The van der Waals surface area contributed by atoms with Gasteiger partial charge in [0.15, 0.2) is 0 Å². The highest BCUT2D eigenvalue weighted by Crippen LogP contribution is 2.27. The molecule has 0 saturated heterocycles. The lowest BCUT2D eigenvalue weighted by Crippen LogP contribution is -2.23. The quantitative estimate of drug-likeness (QED) is 0.890. The Hall–Kier alpha value is -1.51. The summed E-state index contributed by atoms with van der Waals surface area (Å²) in [6.45, 7) is 6.67. The Balaban J connectivity index is 1.98. The number of anilines is 1. The second kappa shape index (κ2) is 6.08. The highest BCUT2D eigenvalue weighted by molar-refractivity contribution is 5.59. The molecule has 0 aliphatic heterocycles. The molecule has 1 aliphatic rings. The van der Waals surface area contributed by atoms with Gasteiger partial charge in [0.1, 0.15) is 11.5 Å². The van der Waals surface area contributed by atoms with Gasteiger partial charge >= 0.3 is 0 Å². The molecule has 1 aliphatic carbocycles. The highest BCUT2D eigenvalue weighted by atomic mass is 15.1. The number of hydrogen-bond donors (Lipinski definition) is 1. The van der Waals surface area contributed by atoms with Gasteiger partial charge in [-0.2, -0.15) is 0 Å². The first-order valence-electron chi connectivity index (χ1n) is 8.38. The molecule has 0 spiro atoms. The van der Waals surface area contributed by atoms with E-state index in [1.807, 2.05) is 0 Å². The third kappa shape index (κ3) is 3.07. The molecule has 1 N–H and O–H groups in total. The predicted octanol–water partition coefficient (Wildman–Crippen LogP) is 4.59. The Labute approximate surface area is 127 Å². The van der Waals surface area contributed by atoms with Crippen molar-refractivity contribution < 1.29 is 0 Å². The summed E-state index contributed by atoms with van der Waals surface area (Å²) < 4.78 is 2.25. The van der Waals surface area contributed by atoms with Crippen LogP contribution in [0.15, 0.2) is 18.3 Å². The fourth-order valence-electron chi connectivity index (χ4n) is 3.37. The molecule has 0 radical (unpaired) electrons. The largest absolute Gasteiger partial charge is 0.367 e. The van der Waals surface area contributed by atoms with Gasteiger partial charge in [-0.25, -0.2) is 4.98 Å². The molecular weight excluding hydrogens is 258 g/mol. The Morgan fingerprint density at radius 3 is 2.76 bits per heavy atom. The summed E-state index contributed by atoms with van der Waals surface area (Å²) in [5.74, 6) is 1.86. The Bertz CT molecular complexity index is 606. The van der Waals surface area contributed by atoms with Crippen LogP contribution in [0.5, 0.6) is 0 Å². The van der Waals surface area contributed by atoms with Crippen LogP contribution in [0.4, 0.5) is 5.82 Å². The number of imidazole rings is 1. The van der Waals surface area contributed by atoms with Crippen molar-refractivity contribution in [3.63, 3.8) is 0 Å². The molecule has 2 aromatic heterocycles. The Morgan fingerprint density at radius 1 is 1.29 bits per heavy atom. The van der Waals surface area contributed by atoms with Gasteiger partial charge in [-0.1, -0.05) is 39.2 Å². The summed E-state index contributed by atoms with van der Waals surface area (Å²) >= 11 is 0. The molecule has 0 atom stereocenters. The molecular formula is C18H27N3. The third-order valence-electron chi connectivity index (χ3n) is 4.46. The number of aromatic nitrogens is 2. The van der Waals surface area contributed by atoms with Crippen LogP contribution < -0.4 is 5.32 Å². The van der Waals surface area contributed by atoms with Crippen molar-refractivity contribution in [2.24, 2.45) is 5.92 Å². The molecule has 0 amide bonds. The minimum Gasteiger partial charge on any atom is -0.367 e. The lowest BCUT2D eigenvalue weighted by Gasteiger charge is -2.24. The van der Waals surface area contributed by atoms with Gasteiger partial charge in [0.25, 0.3) is 0 Å². The van der Waals surface area contributed by atoms with Crippen LogP contribution in [-0.2, 0) is 6.42 Å². The molecule has 2 aromatic rings. The van der Waals surface area contributed by atoms with E-state index in [-0.39, 0.29) is 0 Å². The summed E-state index contributed by atoms with van der Waals surface area (Å²) in [5.41, 5.74) is 3.58. The SMILES string of the molecule is Cc1cccn2c(NC3CCCCC3)c(CC(C)C)nc12. The molecule has 3 nitrogen and oxygen atoms in total. The van der Waals surface area contributed by atoms with Gasteiger partial charge in [-0.05, 0) is 43.7 Å². The second-order valence-corrected chi connectivity index (χ2v) is 6.87. The maximum absolute atomic E-state index is 4.92. The van der Waals surface area contributed by atoms with E-state index in [4.69, 9.17) is 4.98 Å². The lowest BCUT2D eigenvalue weighted by atomic mass is 9.95. The Morgan fingerprint density at radius 2 is 2.05 bits per heavy atom. The molecule has 1 saturated carbocycles. The minimum absolute atomic E-state index is 0.616. The lowest BCUT2D eigenvalue weighted by molar-refractivity contribution is 0.461. The molecule has 0 bridgehead atoms. The van der Waals surface area contributed by atoms with Crippen LogP contribution in [0, 0.1) is 12.8 Å². The summed E-state index contributed by atoms with van der Waals surface area (Å²) in [6, 6.07) is 4.88. The van der Waals surface area contributed by atoms with E-state index in [0.717, 1.165) is 12.1 Å². The topological polar surface area (TPSA) is 29.3 Å². The van der Waals surface area contributed by atoms with Crippen LogP contribution in [-0.4, -0.2) is 15.4 Å². The first-order valence-corrected chi connectivity index (χ1v) is 8.38. The standard InChI is InChI=1S/C18H27N3/c1-13(2)12-16-18(19-15-9-5-4-6-10-15)21-11-7-8-14(3)17(21)20-16/h7-8,11,13,15,19H,4-6,9-10,12H2,1-3H3. The van der Waals surface area contributed by atoms with Crippen LogP contribution in [0.1, 0.15) is 57.2 Å².